The molecule has 0 saturated carbocycles. The predicted molar refractivity (Wildman–Crippen MR) is 130 cm³/mol. The van der Waals surface area contributed by atoms with E-state index in [-0.39, 0.29) is 24.6 Å². The van der Waals surface area contributed by atoms with Crippen molar-refractivity contribution in [2.24, 2.45) is 5.92 Å². The maximum Gasteiger partial charge on any atom is 0.434 e. The minimum Gasteiger partial charge on any atom is -0.477 e. The molecule has 1 saturated heterocycles. The molecule has 0 aromatic carbocycles. The average Bonchev–Trinajstić information content (AvgIpc) is 3.48. The van der Waals surface area contributed by atoms with Crippen molar-refractivity contribution in [1.82, 2.24) is 24.2 Å². The molecule has 1 amide bonds. The number of likely N-dealkylation sites (tertiary alicyclic amines) is 1. The van der Waals surface area contributed by atoms with Gasteiger partial charge in [0.1, 0.15) is 0 Å². The Morgan fingerprint density at radius 3 is 2.56 bits per heavy atom. The van der Waals surface area contributed by atoms with Gasteiger partial charge in [0.2, 0.25) is 5.88 Å². The van der Waals surface area contributed by atoms with Crippen molar-refractivity contribution < 1.29 is 35.9 Å². The zero-order valence-corrected chi connectivity index (χ0v) is 21.5. The third kappa shape index (κ3) is 8.08. The molecule has 1 atom stereocenters. The fourth-order valence-corrected chi connectivity index (χ4v) is 4.94. The number of aromatic nitrogens is 4. The fourth-order valence-electron chi connectivity index (χ4n) is 4.06. The standard InChI is InChI=1S/C24H24F6N6O2S/c1-14-21(18(39-35-14)8-17-10-32-19(11-31-17)24(28,29)30)22(37)34-16-2-3-20(33-9-16)38-13-15-4-6-36(12-15)7-5-23(25,26)27/h2-3,9-11,15H,4-8,12-13H2,1H3,(H,34,37)/t15-/m1/s1. The Labute approximate surface area is 223 Å². The first-order valence-corrected chi connectivity index (χ1v) is 12.7. The van der Waals surface area contributed by atoms with E-state index in [1.165, 1.54) is 6.20 Å². The highest BCUT2D eigenvalue weighted by molar-refractivity contribution is 7.06. The molecule has 0 aliphatic carbocycles. The van der Waals surface area contributed by atoms with E-state index < -0.39 is 30.4 Å². The summed E-state index contributed by atoms with van der Waals surface area (Å²) < 4.78 is 85.3. The van der Waals surface area contributed by atoms with E-state index in [1.54, 1.807) is 24.0 Å². The van der Waals surface area contributed by atoms with Gasteiger partial charge in [-0.15, -0.1) is 0 Å². The first-order valence-electron chi connectivity index (χ1n) is 11.9. The highest BCUT2D eigenvalue weighted by Gasteiger charge is 2.33. The molecule has 1 fully saturated rings. The van der Waals surface area contributed by atoms with E-state index in [1.807, 2.05) is 0 Å². The van der Waals surface area contributed by atoms with E-state index in [9.17, 15) is 31.1 Å². The van der Waals surface area contributed by atoms with Crippen LogP contribution in [0.15, 0.2) is 30.7 Å². The first kappa shape index (κ1) is 28.7. The van der Waals surface area contributed by atoms with E-state index in [0.717, 1.165) is 24.2 Å². The van der Waals surface area contributed by atoms with Crippen LogP contribution in [0.2, 0.25) is 0 Å². The second kappa shape index (κ2) is 11.8. The first-order chi connectivity index (χ1) is 18.4. The molecule has 1 aliphatic rings. The Hall–Kier alpha value is -3.33. The number of pyridine rings is 1. The predicted octanol–water partition coefficient (Wildman–Crippen LogP) is 5.15. The molecule has 210 valence electrons. The number of anilines is 1. The summed E-state index contributed by atoms with van der Waals surface area (Å²) in [5.74, 6) is -0.0468. The molecule has 0 bridgehead atoms. The van der Waals surface area contributed by atoms with Gasteiger partial charge in [0.25, 0.3) is 5.91 Å². The molecule has 4 rings (SSSR count). The quantitative estimate of drug-likeness (QED) is 0.354. The number of carbonyl (C=O) groups excluding carboxylic acids is 1. The van der Waals surface area contributed by atoms with Crippen LogP contribution in [0.1, 0.15) is 45.2 Å². The molecule has 39 heavy (non-hydrogen) atoms. The van der Waals surface area contributed by atoms with Crippen molar-refractivity contribution in [3.63, 3.8) is 0 Å². The number of hydrogen-bond acceptors (Lipinski definition) is 8. The third-order valence-corrected chi connectivity index (χ3v) is 6.97. The lowest BCUT2D eigenvalue weighted by molar-refractivity contribution is -0.141. The van der Waals surface area contributed by atoms with Crippen molar-refractivity contribution in [3.8, 4) is 5.88 Å². The zero-order valence-electron chi connectivity index (χ0n) is 20.6. The Kier molecular flexibility index (Phi) is 8.69. The molecule has 0 radical (unpaired) electrons. The minimum absolute atomic E-state index is 0.0226. The minimum atomic E-state index is -4.59. The average molecular weight is 575 g/mol. The molecule has 1 aliphatic heterocycles. The van der Waals surface area contributed by atoms with Crippen LogP contribution >= 0.6 is 11.5 Å². The van der Waals surface area contributed by atoms with Gasteiger partial charge in [0, 0.05) is 42.6 Å². The van der Waals surface area contributed by atoms with Crippen molar-refractivity contribution in [3.05, 3.63) is 58.2 Å². The number of halogens is 6. The van der Waals surface area contributed by atoms with Gasteiger partial charge in [-0.1, -0.05) is 0 Å². The topological polar surface area (TPSA) is 93.1 Å². The summed E-state index contributed by atoms with van der Waals surface area (Å²) in [6, 6.07) is 3.17. The zero-order chi connectivity index (χ0) is 28.2. The van der Waals surface area contributed by atoms with Gasteiger partial charge in [0.05, 0.1) is 48.1 Å². The van der Waals surface area contributed by atoms with Gasteiger partial charge >= 0.3 is 12.4 Å². The van der Waals surface area contributed by atoms with Crippen molar-refractivity contribution in [2.75, 3.05) is 31.6 Å². The van der Waals surface area contributed by atoms with Crippen molar-refractivity contribution in [1.29, 1.82) is 0 Å². The molecule has 4 heterocycles. The van der Waals surface area contributed by atoms with Crippen LogP contribution in [-0.2, 0) is 12.6 Å². The van der Waals surface area contributed by atoms with Crippen LogP contribution in [0, 0.1) is 12.8 Å². The van der Waals surface area contributed by atoms with E-state index >= 15 is 0 Å². The van der Waals surface area contributed by atoms with Gasteiger partial charge in [-0.25, -0.2) is 9.97 Å². The second-order valence-corrected chi connectivity index (χ2v) is 9.96. The van der Waals surface area contributed by atoms with Crippen LogP contribution in [0.3, 0.4) is 0 Å². The number of nitrogens with zero attached hydrogens (tertiary/aromatic N) is 5. The normalized spacial score (nSPS) is 16.4. The van der Waals surface area contributed by atoms with Gasteiger partial charge in [-0.2, -0.15) is 30.7 Å². The molecular formula is C24H24F6N6O2S. The Morgan fingerprint density at radius 2 is 1.92 bits per heavy atom. The lowest BCUT2D eigenvalue weighted by Gasteiger charge is -2.17. The van der Waals surface area contributed by atoms with Gasteiger partial charge < -0.3 is 15.0 Å². The lowest BCUT2D eigenvalue weighted by Crippen LogP contribution is -2.27. The SMILES string of the molecule is Cc1nsc(Cc2cnc(C(F)(F)F)cn2)c1C(=O)Nc1ccc(OC[C@@H]2CCN(CCC(F)(F)F)C2)nc1. The summed E-state index contributed by atoms with van der Waals surface area (Å²) in [6.07, 6.45) is -5.70. The van der Waals surface area contributed by atoms with Crippen LogP contribution in [0.5, 0.6) is 5.88 Å². The van der Waals surface area contributed by atoms with E-state index in [2.05, 4.69) is 24.6 Å². The lowest BCUT2D eigenvalue weighted by atomic mass is 10.1. The molecule has 15 heteroatoms. The number of alkyl halides is 6. The van der Waals surface area contributed by atoms with Gasteiger partial charge in [0.15, 0.2) is 5.69 Å². The highest BCUT2D eigenvalue weighted by atomic mass is 32.1. The number of nitrogens with one attached hydrogen (secondary N) is 1. The fraction of sp³-hybridized carbons (Fsp3) is 0.458. The smallest absolute Gasteiger partial charge is 0.434 e. The Balaban J connectivity index is 1.30. The highest BCUT2D eigenvalue weighted by Crippen LogP contribution is 2.28. The summed E-state index contributed by atoms with van der Waals surface area (Å²) in [6.45, 7) is 3.06. The number of aryl methyl sites for hydroxylation is 1. The number of carbonyl (C=O) groups is 1. The number of ether oxygens (including phenoxy) is 1. The summed E-state index contributed by atoms with van der Waals surface area (Å²) in [5, 5.41) is 2.72. The second-order valence-electron chi connectivity index (χ2n) is 9.10. The van der Waals surface area contributed by atoms with Gasteiger partial charge in [-0.3, -0.25) is 9.78 Å². The summed E-state index contributed by atoms with van der Waals surface area (Å²) in [7, 11) is 0. The van der Waals surface area contributed by atoms with E-state index in [0.29, 0.717) is 53.6 Å². The largest absolute Gasteiger partial charge is 0.477 e. The number of amides is 1. The molecular weight excluding hydrogens is 550 g/mol. The van der Waals surface area contributed by atoms with Crippen LogP contribution in [0.25, 0.3) is 0 Å². The Morgan fingerprint density at radius 1 is 1.13 bits per heavy atom. The maximum absolute atomic E-state index is 13.0. The Bertz CT molecular complexity index is 1260. The third-order valence-electron chi connectivity index (χ3n) is 6.04. The monoisotopic (exact) mass is 574 g/mol. The van der Waals surface area contributed by atoms with Crippen LogP contribution in [0.4, 0.5) is 32.0 Å². The van der Waals surface area contributed by atoms with Crippen LogP contribution < -0.4 is 10.1 Å². The molecule has 0 spiro atoms. The molecule has 8 nitrogen and oxygen atoms in total. The number of hydrogen-bond donors (Lipinski definition) is 1. The van der Waals surface area contributed by atoms with E-state index in [4.69, 9.17) is 4.74 Å². The summed E-state index contributed by atoms with van der Waals surface area (Å²) >= 11 is 1.05. The molecule has 3 aromatic heterocycles. The number of rotatable bonds is 9. The molecule has 3 aromatic rings. The van der Waals surface area contributed by atoms with Gasteiger partial charge in [-0.05, 0) is 37.5 Å². The maximum atomic E-state index is 13.0. The molecule has 1 N–H and O–H groups in total. The van der Waals surface area contributed by atoms with Crippen molar-refractivity contribution in [2.45, 2.75) is 38.5 Å². The van der Waals surface area contributed by atoms with Crippen molar-refractivity contribution >= 4 is 23.1 Å². The molecule has 0 unspecified atom stereocenters. The van der Waals surface area contributed by atoms with Crippen LogP contribution in [-0.4, -0.2) is 62.6 Å². The summed E-state index contributed by atoms with van der Waals surface area (Å²) in [4.78, 5) is 26.6. The summed E-state index contributed by atoms with van der Waals surface area (Å²) in [5.41, 5.74) is 0.294.